The van der Waals surface area contributed by atoms with Gasteiger partial charge in [0.1, 0.15) is 0 Å². The van der Waals surface area contributed by atoms with Crippen molar-refractivity contribution in [1.82, 2.24) is 4.90 Å². The Morgan fingerprint density at radius 3 is 2.64 bits per heavy atom. The molecule has 0 atom stereocenters. The van der Waals surface area contributed by atoms with Gasteiger partial charge in [-0.05, 0) is 41.8 Å². The molecule has 0 saturated carbocycles. The van der Waals surface area contributed by atoms with Gasteiger partial charge >= 0.3 is 5.97 Å². The second-order valence-electron chi connectivity index (χ2n) is 7.56. The Hall–Kier alpha value is -2.95. The number of nitrogens with zero attached hydrogens (tertiary/aromatic N) is 1. The van der Waals surface area contributed by atoms with Crippen molar-refractivity contribution in [1.29, 1.82) is 0 Å². The van der Waals surface area contributed by atoms with E-state index in [9.17, 15) is 17.6 Å². The Bertz CT molecular complexity index is 1280. The highest BCUT2D eigenvalue weighted by atomic mass is 32.2. The van der Waals surface area contributed by atoms with Crippen LogP contribution in [0.15, 0.2) is 52.7 Å². The SMILES string of the molecule is COC(=O)c1c(S(=O)(=O)Nc2ccccc2)sc2c1CCN(Cc1ccc(F)c(OC)c1)C2. The molecule has 174 valence electrons. The summed E-state index contributed by atoms with van der Waals surface area (Å²) >= 11 is 1.08. The number of para-hydroxylation sites is 1. The maximum atomic E-state index is 13.7. The van der Waals surface area contributed by atoms with Gasteiger partial charge < -0.3 is 9.47 Å². The Labute approximate surface area is 195 Å². The summed E-state index contributed by atoms with van der Waals surface area (Å²) in [4.78, 5) is 15.5. The van der Waals surface area contributed by atoms with E-state index in [1.165, 1.54) is 20.3 Å². The molecule has 33 heavy (non-hydrogen) atoms. The van der Waals surface area contributed by atoms with Gasteiger partial charge in [-0.3, -0.25) is 9.62 Å². The van der Waals surface area contributed by atoms with Crippen LogP contribution < -0.4 is 9.46 Å². The monoisotopic (exact) mass is 490 g/mol. The number of thiophene rings is 1. The summed E-state index contributed by atoms with van der Waals surface area (Å²) in [5.74, 6) is -0.920. The predicted molar refractivity (Wildman–Crippen MR) is 124 cm³/mol. The first-order chi connectivity index (χ1) is 15.8. The molecule has 1 aromatic heterocycles. The van der Waals surface area contributed by atoms with Crippen LogP contribution in [0.1, 0.15) is 26.4 Å². The molecule has 4 rings (SSSR count). The van der Waals surface area contributed by atoms with Gasteiger partial charge in [-0.2, -0.15) is 0 Å². The van der Waals surface area contributed by atoms with E-state index in [1.54, 1.807) is 42.5 Å². The molecule has 0 saturated heterocycles. The molecule has 7 nitrogen and oxygen atoms in total. The number of hydrogen-bond donors (Lipinski definition) is 1. The van der Waals surface area contributed by atoms with E-state index >= 15 is 0 Å². The first kappa shape index (κ1) is 23.2. The van der Waals surface area contributed by atoms with Crippen LogP contribution in [0.5, 0.6) is 5.75 Å². The van der Waals surface area contributed by atoms with Crippen LogP contribution in [0.4, 0.5) is 10.1 Å². The van der Waals surface area contributed by atoms with Crippen molar-refractivity contribution in [2.45, 2.75) is 23.7 Å². The van der Waals surface area contributed by atoms with Crippen molar-refractivity contribution in [3.63, 3.8) is 0 Å². The van der Waals surface area contributed by atoms with Crippen LogP contribution in [0.25, 0.3) is 0 Å². The normalized spacial score (nSPS) is 13.9. The Morgan fingerprint density at radius 1 is 1.18 bits per heavy atom. The van der Waals surface area contributed by atoms with Crippen LogP contribution in [-0.2, 0) is 34.3 Å². The summed E-state index contributed by atoms with van der Waals surface area (Å²) in [5, 5.41) is 0. The third kappa shape index (κ3) is 4.87. The van der Waals surface area contributed by atoms with E-state index in [0.29, 0.717) is 37.3 Å². The predicted octanol–water partition coefficient (Wildman–Crippen LogP) is 4.04. The Kier molecular flexibility index (Phi) is 6.68. The van der Waals surface area contributed by atoms with Crippen molar-refractivity contribution in [2.24, 2.45) is 0 Å². The zero-order chi connectivity index (χ0) is 23.6. The molecule has 0 unspecified atom stereocenters. The lowest BCUT2D eigenvalue weighted by molar-refractivity contribution is 0.0595. The van der Waals surface area contributed by atoms with Crippen LogP contribution in [0.2, 0.25) is 0 Å². The minimum absolute atomic E-state index is 0.0477. The van der Waals surface area contributed by atoms with E-state index in [4.69, 9.17) is 9.47 Å². The summed E-state index contributed by atoms with van der Waals surface area (Å²) in [6.45, 7) is 1.61. The molecule has 3 aromatic rings. The van der Waals surface area contributed by atoms with E-state index in [2.05, 4.69) is 9.62 Å². The van der Waals surface area contributed by atoms with Crippen LogP contribution in [0, 0.1) is 5.82 Å². The highest BCUT2D eigenvalue weighted by molar-refractivity contribution is 7.94. The third-order valence-electron chi connectivity index (χ3n) is 5.38. The second-order valence-corrected chi connectivity index (χ2v) is 10.5. The van der Waals surface area contributed by atoms with Gasteiger partial charge in [-0.25, -0.2) is 17.6 Å². The fourth-order valence-electron chi connectivity index (χ4n) is 3.83. The van der Waals surface area contributed by atoms with E-state index in [0.717, 1.165) is 21.8 Å². The molecule has 0 bridgehead atoms. The number of carbonyl (C=O) groups is 1. The van der Waals surface area contributed by atoms with Gasteiger partial charge in [0.15, 0.2) is 15.8 Å². The fourth-order valence-corrected chi connectivity index (χ4v) is 6.82. The Balaban J connectivity index is 1.63. The zero-order valence-corrected chi connectivity index (χ0v) is 19.8. The van der Waals surface area contributed by atoms with E-state index < -0.39 is 21.8 Å². The number of methoxy groups -OCH3 is 2. The molecular formula is C23H23FN2O5S2. The van der Waals surface area contributed by atoms with Gasteiger partial charge in [0.2, 0.25) is 0 Å². The van der Waals surface area contributed by atoms with Crippen LogP contribution in [0.3, 0.4) is 0 Å². The highest BCUT2D eigenvalue weighted by Gasteiger charge is 2.34. The van der Waals surface area contributed by atoms with Crippen molar-refractivity contribution in [3.8, 4) is 5.75 Å². The fraction of sp³-hybridized carbons (Fsp3) is 0.261. The number of carbonyl (C=O) groups excluding carboxylic acids is 1. The number of esters is 1. The lowest BCUT2D eigenvalue weighted by Gasteiger charge is -2.27. The summed E-state index contributed by atoms with van der Waals surface area (Å²) in [7, 11) is -1.33. The number of hydrogen-bond acceptors (Lipinski definition) is 7. The van der Waals surface area contributed by atoms with Crippen LogP contribution in [-0.4, -0.2) is 40.1 Å². The second kappa shape index (κ2) is 9.50. The first-order valence-electron chi connectivity index (χ1n) is 10.2. The smallest absolute Gasteiger partial charge is 0.340 e. The molecule has 0 fully saturated rings. The number of ether oxygens (including phenoxy) is 2. The highest BCUT2D eigenvalue weighted by Crippen LogP contribution is 2.38. The standard InChI is InChI=1S/C23H23FN2O5S2/c1-30-19-12-15(8-9-18(19)24)13-26-11-10-17-20(14-26)32-23(21(17)22(27)31-2)33(28,29)25-16-6-4-3-5-7-16/h3-9,12,25H,10-11,13-14H2,1-2H3. The van der Waals surface area contributed by atoms with Crippen molar-refractivity contribution < 1.29 is 27.1 Å². The molecule has 0 radical (unpaired) electrons. The lowest BCUT2D eigenvalue weighted by Crippen LogP contribution is -2.30. The maximum absolute atomic E-state index is 13.7. The average molecular weight is 491 g/mol. The molecule has 2 aromatic carbocycles. The van der Waals surface area contributed by atoms with Crippen molar-refractivity contribution in [3.05, 3.63) is 75.9 Å². The van der Waals surface area contributed by atoms with Crippen molar-refractivity contribution in [2.75, 3.05) is 25.5 Å². The van der Waals surface area contributed by atoms with Crippen LogP contribution >= 0.6 is 11.3 Å². The minimum atomic E-state index is -3.99. The quantitative estimate of drug-likeness (QED) is 0.503. The van der Waals surface area contributed by atoms with Gasteiger partial charge in [0.05, 0.1) is 19.8 Å². The molecule has 1 N–H and O–H groups in total. The minimum Gasteiger partial charge on any atom is -0.494 e. The number of benzene rings is 2. The molecule has 0 spiro atoms. The van der Waals surface area contributed by atoms with E-state index in [-0.39, 0.29) is 15.5 Å². The third-order valence-corrected chi connectivity index (χ3v) is 8.50. The molecule has 0 amide bonds. The average Bonchev–Trinajstić information content (AvgIpc) is 3.20. The molecule has 2 heterocycles. The number of fused-ring (bicyclic) bond motifs is 1. The number of anilines is 1. The summed E-state index contributed by atoms with van der Waals surface area (Å²) in [6.07, 6.45) is 0.495. The summed E-state index contributed by atoms with van der Waals surface area (Å²) in [5.41, 5.74) is 2.09. The molecule has 10 heteroatoms. The largest absolute Gasteiger partial charge is 0.494 e. The van der Waals surface area contributed by atoms with E-state index in [1.807, 2.05) is 0 Å². The lowest BCUT2D eigenvalue weighted by atomic mass is 10.0. The topological polar surface area (TPSA) is 84.9 Å². The zero-order valence-electron chi connectivity index (χ0n) is 18.1. The van der Waals surface area contributed by atoms with Gasteiger partial charge in [0, 0.05) is 30.2 Å². The van der Waals surface area contributed by atoms with Gasteiger partial charge in [0.25, 0.3) is 10.0 Å². The molecule has 0 aliphatic carbocycles. The maximum Gasteiger partial charge on any atom is 0.340 e. The Morgan fingerprint density at radius 2 is 1.94 bits per heavy atom. The molecule has 1 aliphatic heterocycles. The van der Waals surface area contributed by atoms with Crippen molar-refractivity contribution >= 4 is 33.0 Å². The summed E-state index contributed by atoms with van der Waals surface area (Å²) in [6, 6.07) is 13.2. The number of nitrogens with one attached hydrogen (secondary N) is 1. The first-order valence-corrected chi connectivity index (χ1v) is 12.5. The summed E-state index contributed by atoms with van der Waals surface area (Å²) < 4.78 is 52.5. The molecular weight excluding hydrogens is 467 g/mol. The molecule has 1 aliphatic rings. The number of halogens is 1. The number of rotatable bonds is 7. The van der Waals surface area contributed by atoms with Gasteiger partial charge in [-0.15, -0.1) is 11.3 Å². The number of sulfonamides is 1. The van der Waals surface area contributed by atoms with Gasteiger partial charge in [-0.1, -0.05) is 24.3 Å².